The van der Waals surface area contributed by atoms with E-state index in [1.807, 2.05) is 0 Å². The first-order valence-electron chi connectivity index (χ1n) is 10.4. The maximum Gasteiger partial charge on any atom is 0.459 e. The Kier molecular flexibility index (Phi) is 9.82. The third-order valence-corrected chi connectivity index (χ3v) is 8.06. The number of hydrogen-bond acceptors (Lipinski definition) is 4. The molecule has 2 N–H and O–H groups in total. The smallest absolute Gasteiger partial charge is 0.459 e. The number of hydrogen-bond donors (Lipinski definition) is 2. The van der Waals surface area contributed by atoms with E-state index in [1.54, 1.807) is 6.07 Å². The van der Waals surface area contributed by atoms with Crippen LogP contribution in [-0.4, -0.2) is 37.5 Å². The standard InChI is InChI=1S/C21H21ClF7NO4S2/c22-13-6-9-15(10-7-13)36(33,34)30-16(17-11-8-14(35-17)3-1-5-18(31)32)4-2-12-19(23,24)20(25,26)21(27,28)29/h6-11,16,30H,1-5,12H2,(H,31,32). The van der Waals surface area contributed by atoms with Crippen LogP contribution in [0.15, 0.2) is 41.3 Å². The second-order valence-corrected chi connectivity index (χ2v) is 11.2. The van der Waals surface area contributed by atoms with Crippen LogP contribution in [0.5, 0.6) is 0 Å². The molecule has 1 aromatic heterocycles. The second-order valence-electron chi connectivity index (χ2n) is 7.85. The van der Waals surface area contributed by atoms with Gasteiger partial charge in [0.05, 0.1) is 10.9 Å². The zero-order chi connectivity index (χ0) is 27.4. The third-order valence-electron chi connectivity index (χ3n) is 5.06. The fourth-order valence-corrected chi connectivity index (χ4v) is 5.74. The first-order chi connectivity index (χ1) is 16.5. The Bertz CT molecular complexity index is 1140. The Morgan fingerprint density at radius 1 is 1.00 bits per heavy atom. The minimum absolute atomic E-state index is 0.123. The molecule has 5 nitrogen and oxygen atoms in total. The number of alkyl halides is 7. The van der Waals surface area contributed by atoms with E-state index in [4.69, 9.17) is 16.7 Å². The molecular weight excluding hydrogens is 563 g/mol. The van der Waals surface area contributed by atoms with Crippen LogP contribution in [0.1, 0.15) is 47.9 Å². The molecule has 1 unspecified atom stereocenters. The van der Waals surface area contributed by atoms with Crippen molar-refractivity contribution in [1.82, 2.24) is 4.72 Å². The van der Waals surface area contributed by atoms with Gasteiger partial charge in [-0.2, -0.15) is 30.7 Å². The van der Waals surface area contributed by atoms with Crippen LogP contribution in [0.25, 0.3) is 0 Å². The van der Waals surface area contributed by atoms with Crippen molar-refractivity contribution in [2.24, 2.45) is 0 Å². The first kappa shape index (κ1) is 30.3. The number of carboxylic acid groups (broad SMARTS) is 1. The molecule has 1 heterocycles. The molecule has 0 saturated carbocycles. The number of carbonyl (C=O) groups is 1. The lowest BCUT2D eigenvalue weighted by Crippen LogP contribution is -2.51. The van der Waals surface area contributed by atoms with Gasteiger partial charge >= 0.3 is 24.0 Å². The van der Waals surface area contributed by atoms with Crippen molar-refractivity contribution in [2.75, 3.05) is 0 Å². The zero-order valence-corrected chi connectivity index (χ0v) is 20.7. The molecule has 2 aromatic rings. The third kappa shape index (κ3) is 7.80. The zero-order valence-electron chi connectivity index (χ0n) is 18.3. The summed E-state index contributed by atoms with van der Waals surface area (Å²) in [4.78, 5) is 11.4. The Labute approximate surface area is 211 Å². The van der Waals surface area contributed by atoms with Crippen LogP contribution in [-0.2, 0) is 21.2 Å². The summed E-state index contributed by atoms with van der Waals surface area (Å²) < 4.78 is 119. The number of rotatable bonds is 13. The average molecular weight is 584 g/mol. The molecule has 1 aromatic carbocycles. The molecule has 0 radical (unpaired) electrons. The van der Waals surface area contributed by atoms with E-state index in [0.717, 1.165) is 11.3 Å². The molecule has 0 saturated heterocycles. The molecule has 202 valence electrons. The fraction of sp³-hybridized carbons (Fsp3) is 0.476. The topological polar surface area (TPSA) is 83.5 Å². The maximum absolute atomic E-state index is 13.7. The molecule has 0 amide bonds. The molecule has 0 aliphatic rings. The van der Waals surface area contributed by atoms with Crippen LogP contribution in [0.4, 0.5) is 30.7 Å². The van der Waals surface area contributed by atoms with Crippen molar-refractivity contribution in [3.05, 3.63) is 51.2 Å². The van der Waals surface area contributed by atoms with Gasteiger partial charge in [0.15, 0.2) is 0 Å². The summed E-state index contributed by atoms with van der Waals surface area (Å²) in [6.07, 6.45) is -9.19. The van der Waals surface area contributed by atoms with E-state index in [2.05, 4.69) is 4.72 Å². The van der Waals surface area contributed by atoms with Gasteiger partial charge in [0, 0.05) is 27.6 Å². The lowest BCUT2D eigenvalue weighted by Gasteiger charge is -2.28. The van der Waals surface area contributed by atoms with Crippen LogP contribution in [0.3, 0.4) is 0 Å². The van der Waals surface area contributed by atoms with Gasteiger partial charge in [0.25, 0.3) is 0 Å². The minimum Gasteiger partial charge on any atom is -0.481 e. The van der Waals surface area contributed by atoms with Crippen molar-refractivity contribution < 1.29 is 49.1 Å². The van der Waals surface area contributed by atoms with Crippen LogP contribution >= 0.6 is 22.9 Å². The molecule has 0 bridgehead atoms. The molecule has 0 spiro atoms. The van der Waals surface area contributed by atoms with Gasteiger partial charge in [-0.1, -0.05) is 11.6 Å². The predicted molar refractivity (Wildman–Crippen MR) is 119 cm³/mol. The summed E-state index contributed by atoms with van der Waals surface area (Å²) >= 11 is 6.79. The predicted octanol–water partition coefficient (Wildman–Crippen LogP) is 6.83. The molecule has 2 rings (SSSR count). The highest BCUT2D eigenvalue weighted by Crippen LogP contribution is 2.48. The Balaban J connectivity index is 2.23. The van der Waals surface area contributed by atoms with E-state index < -0.39 is 59.3 Å². The number of halogens is 8. The quantitative estimate of drug-likeness (QED) is 0.253. The highest BCUT2D eigenvalue weighted by atomic mass is 35.5. The minimum atomic E-state index is -6.45. The van der Waals surface area contributed by atoms with Crippen molar-refractivity contribution in [2.45, 2.75) is 67.5 Å². The van der Waals surface area contributed by atoms with Gasteiger partial charge in [0.1, 0.15) is 0 Å². The molecule has 36 heavy (non-hydrogen) atoms. The van der Waals surface area contributed by atoms with Gasteiger partial charge in [0.2, 0.25) is 10.0 Å². The number of thiophene rings is 1. The van der Waals surface area contributed by atoms with Crippen molar-refractivity contribution in [3.63, 3.8) is 0 Å². The van der Waals surface area contributed by atoms with Gasteiger partial charge in [-0.15, -0.1) is 11.3 Å². The SMILES string of the molecule is O=C(O)CCCc1ccc(C(CCCC(F)(F)C(F)(F)C(F)(F)F)NS(=O)(=O)c2ccc(Cl)cc2)s1. The number of sulfonamides is 1. The number of benzene rings is 1. The van der Waals surface area contributed by atoms with Gasteiger partial charge in [-0.3, -0.25) is 4.79 Å². The summed E-state index contributed by atoms with van der Waals surface area (Å²) in [5.74, 6) is -12.7. The molecule has 0 fully saturated rings. The van der Waals surface area contributed by atoms with Crippen molar-refractivity contribution in [1.29, 1.82) is 0 Å². The summed E-state index contributed by atoms with van der Waals surface area (Å²) in [7, 11) is -4.26. The summed E-state index contributed by atoms with van der Waals surface area (Å²) in [6, 6.07) is 6.72. The Morgan fingerprint density at radius 2 is 1.61 bits per heavy atom. The van der Waals surface area contributed by atoms with E-state index >= 15 is 0 Å². The lowest BCUT2D eigenvalue weighted by molar-refractivity contribution is -0.355. The second kappa shape index (κ2) is 11.7. The summed E-state index contributed by atoms with van der Waals surface area (Å²) in [5.41, 5.74) is 0. The van der Waals surface area contributed by atoms with E-state index in [0.29, 0.717) is 16.2 Å². The Hall–Kier alpha value is -1.90. The number of aryl methyl sites for hydroxylation is 1. The summed E-state index contributed by atoms with van der Waals surface area (Å²) in [5, 5.41) is 8.98. The van der Waals surface area contributed by atoms with Crippen molar-refractivity contribution >= 4 is 38.9 Å². The van der Waals surface area contributed by atoms with E-state index in [-0.39, 0.29) is 22.8 Å². The van der Waals surface area contributed by atoms with E-state index in [1.165, 1.54) is 30.3 Å². The largest absolute Gasteiger partial charge is 0.481 e. The van der Waals surface area contributed by atoms with Gasteiger partial charge < -0.3 is 5.11 Å². The molecular formula is C21H21ClF7NO4S2. The highest BCUT2D eigenvalue weighted by molar-refractivity contribution is 7.89. The average Bonchev–Trinajstić information content (AvgIpc) is 3.21. The Morgan fingerprint density at radius 3 is 2.17 bits per heavy atom. The first-order valence-corrected chi connectivity index (χ1v) is 13.0. The monoisotopic (exact) mass is 583 g/mol. The summed E-state index contributed by atoms with van der Waals surface area (Å²) in [6.45, 7) is 0. The molecule has 0 aliphatic carbocycles. The van der Waals surface area contributed by atoms with Gasteiger partial charge in [-0.25, -0.2) is 13.1 Å². The maximum atomic E-state index is 13.7. The molecule has 1 atom stereocenters. The number of carboxylic acids is 1. The van der Waals surface area contributed by atoms with Crippen molar-refractivity contribution in [3.8, 4) is 0 Å². The fourth-order valence-electron chi connectivity index (χ4n) is 3.15. The van der Waals surface area contributed by atoms with Crippen LogP contribution in [0.2, 0.25) is 5.02 Å². The molecule has 15 heteroatoms. The van der Waals surface area contributed by atoms with Crippen LogP contribution in [0, 0.1) is 0 Å². The van der Waals surface area contributed by atoms with Gasteiger partial charge in [-0.05, 0) is 62.1 Å². The number of aliphatic carboxylic acids is 1. The van der Waals surface area contributed by atoms with Crippen LogP contribution < -0.4 is 4.72 Å². The number of nitrogens with one attached hydrogen (secondary N) is 1. The highest BCUT2D eigenvalue weighted by Gasteiger charge is 2.72. The normalized spacial score (nSPS) is 14.1. The van der Waals surface area contributed by atoms with E-state index in [9.17, 15) is 43.9 Å². The lowest BCUT2D eigenvalue weighted by atomic mass is 10.0. The molecule has 0 aliphatic heterocycles.